The van der Waals surface area contributed by atoms with Crippen LogP contribution in [-0.2, 0) is 24.3 Å². The molecule has 6 nitrogen and oxygen atoms in total. The number of likely N-dealkylation sites (tertiary alicyclic amines) is 1. The third kappa shape index (κ3) is 6.39. The predicted molar refractivity (Wildman–Crippen MR) is 137 cm³/mol. The molecule has 1 amide bonds. The van der Waals surface area contributed by atoms with Crippen LogP contribution in [0.1, 0.15) is 23.1 Å². The molecule has 9 heteroatoms. The number of hydrogen-bond donors (Lipinski definition) is 2. The normalized spacial score (nSPS) is 18.8. The van der Waals surface area contributed by atoms with Gasteiger partial charge in [0.15, 0.2) is 11.5 Å². The van der Waals surface area contributed by atoms with Gasteiger partial charge < -0.3 is 20.1 Å². The molecule has 2 N–H and O–H groups in total. The summed E-state index contributed by atoms with van der Waals surface area (Å²) in [5.74, 6) is 0.457. The van der Waals surface area contributed by atoms with Crippen molar-refractivity contribution in [1.82, 2.24) is 15.5 Å². The van der Waals surface area contributed by atoms with Crippen LogP contribution in [-0.4, -0.2) is 42.8 Å². The Bertz CT molecular complexity index is 1260. The van der Waals surface area contributed by atoms with Crippen molar-refractivity contribution in [1.29, 1.82) is 0 Å². The summed E-state index contributed by atoms with van der Waals surface area (Å²) in [5.41, 5.74) is 2.35. The molecule has 0 spiro atoms. The van der Waals surface area contributed by atoms with Crippen molar-refractivity contribution in [3.8, 4) is 11.5 Å². The molecule has 194 valence electrons. The second-order valence-electron chi connectivity index (χ2n) is 9.35. The number of amides is 1. The van der Waals surface area contributed by atoms with Gasteiger partial charge in [-0.15, -0.1) is 0 Å². The third-order valence-electron chi connectivity index (χ3n) is 6.74. The van der Waals surface area contributed by atoms with E-state index in [0.717, 1.165) is 34.8 Å². The van der Waals surface area contributed by atoms with Crippen molar-refractivity contribution in [2.24, 2.45) is 0 Å². The van der Waals surface area contributed by atoms with Gasteiger partial charge in [-0.05, 0) is 66.4 Å². The Labute approximate surface area is 219 Å². The van der Waals surface area contributed by atoms with E-state index in [4.69, 9.17) is 21.1 Å². The van der Waals surface area contributed by atoms with Gasteiger partial charge in [-0.2, -0.15) is 0 Å². The molecule has 1 fully saturated rings. The number of nitrogens with zero attached hydrogens (tertiary/aromatic N) is 1. The minimum Gasteiger partial charge on any atom is -0.454 e. The summed E-state index contributed by atoms with van der Waals surface area (Å²) in [6, 6.07) is 16.3. The number of carbonyl (C=O) groups excluding carboxylic acids is 1. The van der Waals surface area contributed by atoms with Gasteiger partial charge in [-0.3, -0.25) is 9.69 Å². The van der Waals surface area contributed by atoms with E-state index in [-0.39, 0.29) is 36.9 Å². The zero-order valence-corrected chi connectivity index (χ0v) is 20.9. The molecular weight excluding hydrogens is 500 g/mol. The number of ether oxygens (including phenoxy) is 2. The molecule has 0 bridgehead atoms. The van der Waals surface area contributed by atoms with Crippen LogP contribution in [0.15, 0.2) is 60.7 Å². The standard InChI is InChI=1S/C28H28ClF2N3O3/c29-21-4-1-19(2-5-21)15-34-16-23(33-14-20-12-22(30)6-7-24(20)31)13-25(34)28(35)32-10-9-18-3-8-26-27(11-18)37-17-36-26/h1-8,11-12,23,25,33H,9-10,13-17H2,(H,32,35)/t23-,25-/m0/s1. The minimum absolute atomic E-state index is 0.0559. The molecule has 0 radical (unpaired) electrons. The lowest BCUT2D eigenvalue weighted by molar-refractivity contribution is -0.125. The fourth-order valence-electron chi connectivity index (χ4n) is 4.80. The monoisotopic (exact) mass is 527 g/mol. The first-order valence-electron chi connectivity index (χ1n) is 12.3. The summed E-state index contributed by atoms with van der Waals surface area (Å²) in [6.07, 6.45) is 1.22. The molecule has 3 aromatic carbocycles. The van der Waals surface area contributed by atoms with Crippen LogP contribution in [0.3, 0.4) is 0 Å². The fraction of sp³-hybridized carbons (Fsp3) is 0.321. The quantitative estimate of drug-likeness (QED) is 0.431. The van der Waals surface area contributed by atoms with E-state index in [1.807, 2.05) is 42.5 Å². The summed E-state index contributed by atoms with van der Waals surface area (Å²) in [6.45, 7) is 2.06. The van der Waals surface area contributed by atoms with E-state index >= 15 is 0 Å². The molecule has 0 aromatic heterocycles. The fourth-order valence-corrected chi connectivity index (χ4v) is 4.93. The second-order valence-corrected chi connectivity index (χ2v) is 9.79. The summed E-state index contributed by atoms with van der Waals surface area (Å²) < 4.78 is 38.4. The molecule has 1 saturated heterocycles. The Hall–Kier alpha value is -3.20. The summed E-state index contributed by atoms with van der Waals surface area (Å²) in [7, 11) is 0. The van der Waals surface area contributed by atoms with E-state index in [1.165, 1.54) is 6.07 Å². The van der Waals surface area contributed by atoms with Crippen LogP contribution in [0.25, 0.3) is 0 Å². The number of rotatable bonds is 9. The molecule has 3 aromatic rings. The Morgan fingerprint density at radius 2 is 1.78 bits per heavy atom. The lowest BCUT2D eigenvalue weighted by Gasteiger charge is -2.23. The van der Waals surface area contributed by atoms with Crippen molar-refractivity contribution in [2.45, 2.75) is 38.0 Å². The van der Waals surface area contributed by atoms with Crippen molar-refractivity contribution >= 4 is 17.5 Å². The van der Waals surface area contributed by atoms with Gasteiger partial charge in [0.05, 0.1) is 6.04 Å². The molecule has 2 atom stereocenters. The van der Waals surface area contributed by atoms with E-state index in [9.17, 15) is 13.6 Å². The zero-order chi connectivity index (χ0) is 25.8. The van der Waals surface area contributed by atoms with E-state index in [1.54, 1.807) is 0 Å². The molecule has 2 aliphatic rings. The average molecular weight is 528 g/mol. The van der Waals surface area contributed by atoms with Crippen LogP contribution < -0.4 is 20.1 Å². The Balaban J connectivity index is 1.21. The number of halogens is 3. The van der Waals surface area contributed by atoms with Crippen LogP contribution in [0.2, 0.25) is 5.02 Å². The zero-order valence-electron chi connectivity index (χ0n) is 20.2. The maximum Gasteiger partial charge on any atom is 0.237 e. The minimum atomic E-state index is -0.478. The Morgan fingerprint density at radius 3 is 2.62 bits per heavy atom. The predicted octanol–water partition coefficient (Wildman–Crippen LogP) is 4.44. The highest BCUT2D eigenvalue weighted by Crippen LogP contribution is 2.32. The van der Waals surface area contributed by atoms with Crippen LogP contribution in [0.4, 0.5) is 8.78 Å². The Kier molecular flexibility index (Phi) is 7.88. The van der Waals surface area contributed by atoms with Crippen molar-refractivity contribution in [3.63, 3.8) is 0 Å². The van der Waals surface area contributed by atoms with E-state index in [2.05, 4.69) is 15.5 Å². The first kappa shape index (κ1) is 25.4. The molecule has 5 rings (SSSR count). The van der Waals surface area contributed by atoms with Gasteiger partial charge in [0.1, 0.15) is 11.6 Å². The van der Waals surface area contributed by atoms with E-state index in [0.29, 0.717) is 37.5 Å². The van der Waals surface area contributed by atoms with Crippen LogP contribution in [0, 0.1) is 11.6 Å². The molecule has 2 aliphatic heterocycles. The number of fused-ring (bicyclic) bond motifs is 1. The summed E-state index contributed by atoms with van der Waals surface area (Å²) in [4.78, 5) is 15.3. The van der Waals surface area contributed by atoms with Gasteiger partial charge in [0.2, 0.25) is 12.7 Å². The lowest BCUT2D eigenvalue weighted by atomic mass is 10.1. The third-order valence-corrected chi connectivity index (χ3v) is 7.00. The summed E-state index contributed by atoms with van der Waals surface area (Å²) in [5, 5.41) is 7.02. The number of carbonyl (C=O) groups is 1. The molecule has 0 aliphatic carbocycles. The molecule has 37 heavy (non-hydrogen) atoms. The first-order chi connectivity index (χ1) is 17.9. The maximum atomic E-state index is 14.1. The largest absolute Gasteiger partial charge is 0.454 e. The smallest absolute Gasteiger partial charge is 0.237 e. The SMILES string of the molecule is O=C(NCCc1ccc2c(c1)OCO2)[C@@H]1C[C@H](NCc2cc(F)ccc2F)CN1Cc1ccc(Cl)cc1. The van der Waals surface area contributed by atoms with Gasteiger partial charge in [-0.25, -0.2) is 8.78 Å². The number of hydrogen-bond acceptors (Lipinski definition) is 5. The Morgan fingerprint density at radius 1 is 1.00 bits per heavy atom. The number of nitrogens with one attached hydrogen (secondary N) is 2. The van der Waals surface area contributed by atoms with Crippen LogP contribution >= 0.6 is 11.6 Å². The highest BCUT2D eigenvalue weighted by atomic mass is 35.5. The average Bonchev–Trinajstić information content (AvgIpc) is 3.52. The van der Waals surface area contributed by atoms with Gasteiger partial charge in [-0.1, -0.05) is 29.8 Å². The van der Waals surface area contributed by atoms with Gasteiger partial charge in [0, 0.05) is 42.8 Å². The highest BCUT2D eigenvalue weighted by molar-refractivity contribution is 6.30. The number of benzene rings is 3. The highest BCUT2D eigenvalue weighted by Gasteiger charge is 2.36. The van der Waals surface area contributed by atoms with Crippen LogP contribution in [0.5, 0.6) is 11.5 Å². The van der Waals surface area contributed by atoms with Gasteiger partial charge >= 0.3 is 0 Å². The molecule has 0 saturated carbocycles. The topological polar surface area (TPSA) is 62.8 Å². The van der Waals surface area contributed by atoms with Crippen molar-refractivity contribution in [3.05, 3.63) is 94.0 Å². The maximum absolute atomic E-state index is 14.1. The van der Waals surface area contributed by atoms with Crippen molar-refractivity contribution < 1.29 is 23.0 Å². The van der Waals surface area contributed by atoms with Gasteiger partial charge in [0.25, 0.3) is 0 Å². The molecule has 2 heterocycles. The summed E-state index contributed by atoms with van der Waals surface area (Å²) >= 11 is 6.03. The lowest BCUT2D eigenvalue weighted by Crippen LogP contribution is -2.43. The molecule has 0 unspecified atom stereocenters. The second kappa shape index (κ2) is 11.5. The van der Waals surface area contributed by atoms with Crippen molar-refractivity contribution in [2.75, 3.05) is 19.9 Å². The first-order valence-corrected chi connectivity index (χ1v) is 12.6. The van der Waals surface area contributed by atoms with E-state index < -0.39 is 11.6 Å². The molecular formula is C28H28ClF2N3O3.